The molecule has 0 atom stereocenters. The van der Waals surface area contributed by atoms with E-state index in [0.29, 0.717) is 11.4 Å². The Morgan fingerprint density at radius 2 is 0.828 bits per heavy atom. The van der Waals surface area contributed by atoms with Crippen molar-refractivity contribution >= 4 is 28.4 Å². The normalized spacial score (nSPS) is 10.2. The lowest BCUT2D eigenvalue weighted by atomic mass is 10.3. The Hall–Kier alpha value is -6.04. The Morgan fingerprint density at radius 3 is 1.26 bits per heavy atom. The summed E-state index contributed by atoms with van der Waals surface area (Å²) >= 11 is 0. The van der Waals surface area contributed by atoms with Crippen molar-refractivity contribution in [3.8, 4) is 28.7 Å². The van der Waals surface area contributed by atoms with E-state index in [9.17, 15) is 8.78 Å². The number of ether oxygens (including phenoxy) is 5. The third-order valence-electron chi connectivity index (χ3n) is 6.66. The van der Waals surface area contributed by atoms with E-state index in [4.69, 9.17) is 46.6 Å². The number of hydrogen-bond donors (Lipinski definition) is 5. The topological polar surface area (TPSA) is 162 Å². The van der Waals surface area contributed by atoms with Crippen molar-refractivity contribution < 1.29 is 32.5 Å². The van der Waals surface area contributed by atoms with Crippen LogP contribution in [0.4, 0.5) is 37.2 Å². The van der Waals surface area contributed by atoms with Gasteiger partial charge in [0.15, 0.2) is 11.6 Å². The molecule has 5 aromatic carbocycles. The van der Waals surface area contributed by atoms with Gasteiger partial charge in [-0.1, -0.05) is 6.07 Å². The van der Waals surface area contributed by atoms with E-state index in [0.717, 1.165) is 34.3 Å². The van der Waals surface area contributed by atoms with E-state index in [2.05, 4.69) is 5.32 Å². The Balaban J connectivity index is 0.000000363. The summed E-state index contributed by atoms with van der Waals surface area (Å²) in [5, 5.41) is 3.05. The third-order valence-corrected chi connectivity index (χ3v) is 6.66. The lowest BCUT2D eigenvalue weighted by molar-refractivity contribution is 0.231. The molecule has 0 aliphatic rings. The second kappa shape index (κ2) is 26.7. The van der Waals surface area contributed by atoms with Crippen molar-refractivity contribution in [2.24, 2.45) is 0 Å². The van der Waals surface area contributed by atoms with Crippen LogP contribution in [0.1, 0.15) is 69.2 Å². The fourth-order valence-corrected chi connectivity index (χ4v) is 4.37. The van der Waals surface area contributed by atoms with Crippen LogP contribution in [0.5, 0.6) is 28.7 Å². The summed E-state index contributed by atoms with van der Waals surface area (Å²) in [5.41, 5.74) is 24.9. The van der Waals surface area contributed by atoms with Crippen LogP contribution in [0.15, 0.2) is 109 Å². The zero-order chi connectivity index (χ0) is 43.8. The lowest BCUT2D eigenvalue weighted by Gasteiger charge is -2.10. The molecule has 0 aromatic heterocycles. The maximum Gasteiger partial charge on any atom is 0.167 e. The van der Waals surface area contributed by atoms with Gasteiger partial charge in [0.05, 0.1) is 36.2 Å². The van der Waals surface area contributed by atoms with Gasteiger partial charge in [-0.15, -0.1) is 0 Å². The first-order valence-electron chi connectivity index (χ1n) is 19.2. The number of hydrogen-bond acceptors (Lipinski definition) is 10. The predicted molar refractivity (Wildman–Crippen MR) is 238 cm³/mol. The summed E-state index contributed by atoms with van der Waals surface area (Å²) in [6.07, 6.45) is 0.692. The molecule has 0 aliphatic heterocycles. The van der Waals surface area contributed by atoms with Crippen molar-refractivity contribution in [3.05, 3.63) is 121 Å². The maximum atomic E-state index is 13.0. The van der Waals surface area contributed by atoms with Gasteiger partial charge in [0, 0.05) is 48.0 Å². The summed E-state index contributed by atoms with van der Waals surface area (Å²) in [4.78, 5) is 0. The van der Waals surface area contributed by atoms with Crippen LogP contribution < -0.4 is 51.9 Å². The van der Waals surface area contributed by atoms with Crippen LogP contribution in [0.3, 0.4) is 0 Å². The molecule has 10 nitrogen and oxygen atoms in total. The molecular formula is C46H65F2N5O5. The van der Waals surface area contributed by atoms with E-state index in [1.807, 2.05) is 149 Å². The van der Waals surface area contributed by atoms with Gasteiger partial charge in [0.1, 0.15) is 28.8 Å². The molecule has 0 aliphatic carbocycles. The highest BCUT2D eigenvalue weighted by molar-refractivity contribution is 5.46. The summed E-state index contributed by atoms with van der Waals surface area (Å²) < 4.78 is 52.6. The van der Waals surface area contributed by atoms with Gasteiger partial charge in [-0.3, -0.25) is 0 Å². The minimum atomic E-state index is -0.437. The number of nitrogens with one attached hydrogen (secondary N) is 1. The van der Waals surface area contributed by atoms with Gasteiger partial charge in [-0.2, -0.15) is 0 Å². The molecule has 5 rings (SSSR count). The highest BCUT2D eigenvalue weighted by atomic mass is 19.1. The van der Waals surface area contributed by atoms with Crippen LogP contribution in [0, 0.1) is 11.6 Å². The minimum Gasteiger partial charge on any atom is -0.491 e. The summed E-state index contributed by atoms with van der Waals surface area (Å²) in [6, 6.07) is 31.6. The van der Waals surface area contributed by atoms with E-state index < -0.39 is 11.6 Å². The van der Waals surface area contributed by atoms with Crippen LogP contribution in [0.25, 0.3) is 0 Å². The van der Waals surface area contributed by atoms with Gasteiger partial charge >= 0.3 is 0 Å². The quantitative estimate of drug-likeness (QED) is 0.0812. The molecule has 318 valence electrons. The van der Waals surface area contributed by atoms with Gasteiger partial charge in [0.2, 0.25) is 0 Å². The maximum absolute atomic E-state index is 13.0. The Morgan fingerprint density at radius 1 is 0.414 bits per heavy atom. The Bertz CT molecular complexity index is 1860. The van der Waals surface area contributed by atoms with Crippen molar-refractivity contribution in [2.75, 3.05) is 35.3 Å². The number of anilines is 5. The number of nitrogen functional groups attached to an aromatic ring is 4. The summed E-state index contributed by atoms with van der Waals surface area (Å²) in [7, 11) is 1.90. The van der Waals surface area contributed by atoms with Gasteiger partial charge in [-0.05, 0) is 154 Å². The SMILES string of the molecule is CC(C)Oc1ccc(N)c(F)c1.CC(C)Oc1ccc(N)cc1.CC(C)Oc1ccc(N)cc1F.CC(C)Oc1cccc(N)c1.CNc1ccc(OC(C)C)cc1. The number of rotatable bonds is 11. The molecule has 0 heterocycles. The molecular weight excluding hydrogens is 741 g/mol. The van der Waals surface area contributed by atoms with E-state index in [1.54, 1.807) is 12.1 Å². The van der Waals surface area contributed by atoms with Gasteiger partial charge in [-0.25, -0.2) is 8.78 Å². The standard InChI is InChI=1S/C10H15NO.2C9H12FNO.2C9H13NO/c1-8(2)12-10-6-4-9(11-3)5-7-10;1-6(2)12-7-3-4-9(11)8(10)5-7;1-6(2)12-9-4-3-7(11)5-8(9)10;1-7(2)11-9-5-3-8(10)4-6-9;1-7(2)11-9-5-3-4-8(10)6-9/h4-8,11H,1-3H3;2*3-6H,11H2,1-2H3;2*3-7H,10H2,1-2H3. The summed E-state index contributed by atoms with van der Waals surface area (Å²) in [6.45, 7) is 19.5. The first-order valence-corrected chi connectivity index (χ1v) is 19.2. The molecule has 5 aromatic rings. The van der Waals surface area contributed by atoms with Gasteiger partial charge < -0.3 is 51.9 Å². The molecule has 0 saturated heterocycles. The minimum absolute atomic E-state index is 0.0249. The van der Waals surface area contributed by atoms with E-state index in [-0.39, 0.29) is 42.0 Å². The Kier molecular flexibility index (Phi) is 23.0. The number of benzene rings is 5. The highest BCUT2D eigenvalue weighted by Crippen LogP contribution is 2.21. The zero-order valence-corrected chi connectivity index (χ0v) is 35.9. The molecule has 0 bridgehead atoms. The van der Waals surface area contributed by atoms with Crippen LogP contribution in [-0.4, -0.2) is 37.6 Å². The molecule has 0 saturated carbocycles. The second-order valence-corrected chi connectivity index (χ2v) is 14.1. The molecule has 0 unspecified atom stereocenters. The molecule has 12 heteroatoms. The van der Waals surface area contributed by atoms with Crippen LogP contribution in [0.2, 0.25) is 0 Å². The molecule has 58 heavy (non-hydrogen) atoms. The average molecular weight is 806 g/mol. The largest absolute Gasteiger partial charge is 0.491 e. The average Bonchev–Trinajstić information content (AvgIpc) is 3.12. The molecule has 0 spiro atoms. The van der Waals surface area contributed by atoms with E-state index >= 15 is 0 Å². The smallest absolute Gasteiger partial charge is 0.167 e. The summed E-state index contributed by atoms with van der Waals surface area (Å²) in [5.74, 6) is 2.53. The van der Waals surface area contributed by atoms with Crippen LogP contribution >= 0.6 is 0 Å². The number of halogens is 2. The van der Waals surface area contributed by atoms with Crippen molar-refractivity contribution in [2.45, 2.75) is 99.8 Å². The predicted octanol–water partition coefficient (Wildman–Crippen LogP) is 11.0. The van der Waals surface area contributed by atoms with Crippen molar-refractivity contribution in [1.82, 2.24) is 0 Å². The molecule has 0 amide bonds. The fourth-order valence-electron chi connectivity index (χ4n) is 4.37. The number of nitrogens with two attached hydrogens (primary N) is 4. The van der Waals surface area contributed by atoms with Crippen molar-refractivity contribution in [1.29, 1.82) is 0 Å². The monoisotopic (exact) mass is 805 g/mol. The highest BCUT2D eigenvalue weighted by Gasteiger charge is 2.05. The lowest BCUT2D eigenvalue weighted by Crippen LogP contribution is -2.07. The molecule has 0 fully saturated rings. The van der Waals surface area contributed by atoms with Gasteiger partial charge in [0.25, 0.3) is 0 Å². The third kappa shape index (κ3) is 23.1. The van der Waals surface area contributed by atoms with Crippen molar-refractivity contribution in [3.63, 3.8) is 0 Å². The molecule has 9 N–H and O–H groups in total. The zero-order valence-electron chi connectivity index (χ0n) is 35.9. The Labute approximate surface area is 344 Å². The molecule has 0 radical (unpaired) electrons. The second-order valence-electron chi connectivity index (χ2n) is 14.1. The fraction of sp³-hybridized carbons (Fsp3) is 0.348. The van der Waals surface area contributed by atoms with E-state index in [1.165, 1.54) is 24.3 Å². The first kappa shape index (κ1) is 50.0. The van der Waals surface area contributed by atoms with Crippen LogP contribution in [-0.2, 0) is 0 Å². The first-order chi connectivity index (χ1) is 27.3.